The molecule has 0 heterocycles. The van der Waals surface area contributed by atoms with Gasteiger partial charge in [-0.1, -0.05) is 40.2 Å². The minimum atomic E-state index is -0.459. The zero-order chi connectivity index (χ0) is 14.6. The molecule has 0 amide bonds. The SMILES string of the molecule is Fc1cccc(C(CCl)(CCl)Cc2ccc(Br)cc2)c1. The van der Waals surface area contributed by atoms with E-state index in [9.17, 15) is 4.39 Å². The van der Waals surface area contributed by atoms with Crippen LogP contribution in [-0.4, -0.2) is 11.8 Å². The van der Waals surface area contributed by atoms with Gasteiger partial charge in [-0.2, -0.15) is 0 Å². The van der Waals surface area contributed by atoms with Crippen molar-refractivity contribution in [3.05, 3.63) is 69.9 Å². The lowest BCUT2D eigenvalue weighted by atomic mass is 9.78. The molecule has 0 unspecified atom stereocenters. The summed E-state index contributed by atoms with van der Waals surface area (Å²) in [7, 11) is 0. The van der Waals surface area contributed by atoms with Crippen LogP contribution in [0.5, 0.6) is 0 Å². The van der Waals surface area contributed by atoms with Crippen LogP contribution in [0.15, 0.2) is 53.0 Å². The van der Waals surface area contributed by atoms with Gasteiger partial charge in [0, 0.05) is 21.6 Å². The molecule has 0 nitrogen and oxygen atoms in total. The van der Waals surface area contributed by atoms with Crippen molar-refractivity contribution < 1.29 is 4.39 Å². The highest BCUT2D eigenvalue weighted by Gasteiger charge is 2.31. The van der Waals surface area contributed by atoms with Gasteiger partial charge in [0.2, 0.25) is 0 Å². The molecule has 0 aliphatic heterocycles. The van der Waals surface area contributed by atoms with E-state index < -0.39 is 5.41 Å². The van der Waals surface area contributed by atoms with Crippen LogP contribution < -0.4 is 0 Å². The van der Waals surface area contributed by atoms with E-state index in [-0.39, 0.29) is 5.82 Å². The van der Waals surface area contributed by atoms with Gasteiger partial charge in [-0.3, -0.25) is 0 Å². The largest absolute Gasteiger partial charge is 0.207 e. The van der Waals surface area contributed by atoms with Crippen molar-refractivity contribution in [2.75, 3.05) is 11.8 Å². The molecule has 0 spiro atoms. The highest BCUT2D eigenvalue weighted by atomic mass is 79.9. The predicted molar refractivity (Wildman–Crippen MR) is 87.4 cm³/mol. The second-order valence-electron chi connectivity index (χ2n) is 4.86. The Morgan fingerprint density at radius 3 is 2.20 bits per heavy atom. The van der Waals surface area contributed by atoms with Gasteiger partial charge in [0.05, 0.1) is 0 Å². The minimum Gasteiger partial charge on any atom is -0.207 e. The van der Waals surface area contributed by atoms with Gasteiger partial charge in [-0.15, -0.1) is 23.2 Å². The third kappa shape index (κ3) is 3.55. The molecule has 2 aromatic rings. The highest BCUT2D eigenvalue weighted by molar-refractivity contribution is 9.10. The minimum absolute atomic E-state index is 0.266. The topological polar surface area (TPSA) is 0 Å². The van der Waals surface area contributed by atoms with E-state index >= 15 is 0 Å². The summed E-state index contributed by atoms with van der Waals surface area (Å²) in [6, 6.07) is 14.5. The van der Waals surface area contributed by atoms with Crippen molar-refractivity contribution in [1.29, 1.82) is 0 Å². The summed E-state index contributed by atoms with van der Waals surface area (Å²) in [5, 5.41) is 0. The van der Waals surface area contributed by atoms with Crippen molar-refractivity contribution in [2.24, 2.45) is 0 Å². The van der Waals surface area contributed by atoms with Gasteiger partial charge in [0.15, 0.2) is 0 Å². The summed E-state index contributed by atoms with van der Waals surface area (Å²) >= 11 is 15.8. The standard InChI is InChI=1S/C16H14BrCl2F/c17-14-6-4-12(5-7-14)9-16(10-18,11-19)13-2-1-3-15(20)8-13/h1-8H,9-11H2. The quantitative estimate of drug-likeness (QED) is 0.601. The smallest absolute Gasteiger partial charge is 0.123 e. The molecule has 2 rings (SSSR count). The number of hydrogen-bond acceptors (Lipinski definition) is 0. The lowest BCUT2D eigenvalue weighted by Gasteiger charge is -2.30. The van der Waals surface area contributed by atoms with Crippen LogP contribution in [-0.2, 0) is 11.8 Å². The molecule has 20 heavy (non-hydrogen) atoms. The normalized spacial score (nSPS) is 11.6. The summed E-state index contributed by atoms with van der Waals surface area (Å²) in [5.74, 6) is 0.421. The molecule has 0 aliphatic carbocycles. The third-order valence-corrected chi connectivity index (χ3v) is 4.96. The molecule has 4 heteroatoms. The number of rotatable bonds is 5. The fourth-order valence-electron chi connectivity index (χ4n) is 2.20. The zero-order valence-electron chi connectivity index (χ0n) is 10.8. The van der Waals surface area contributed by atoms with Crippen LogP contribution in [0.3, 0.4) is 0 Å². The van der Waals surface area contributed by atoms with Crippen LogP contribution in [0.2, 0.25) is 0 Å². The molecule has 0 N–H and O–H groups in total. The third-order valence-electron chi connectivity index (χ3n) is 3.40. The van der Waals surface area contributed by atoms with E-state index in [0.29, 0.717) is 18.2 Å². The average Bonchev–Trinajstić information content (AvgIpc) is 2.47. The maximum atomic E-state index is 13.5. The molecule has 0 atom stereocenters. The van der Waals surface area contributed by atoms with Crippen LogP contribution in [0.25, 0.3) is 0 Å². The van der Waals surface area contributed by atoms with Gasteiger partial charge in [-0.25, -0.2) is 4.39 Å². The Bertz CT molecular complexity index is 565. The molecule has 0 aromatic heterocycles. The van der Waals surface area contributed by atoms with Gasteiger partial charge in [0.1, 0.15) is 5.82 Å². The molecule has 0 saturated carbocycles. The molecule has 2 aromatic carbocycles. The van der Waals surface area contributed by atoms with E-state index in [1.165, 1.54) is 12.1 Å². The number of alkyl halides is 2. The second kappa shape index (κ2) is 6.93. The zero-order valence-corrected chi connectivity index (χ0v) is 13.8. The maximum Gasteiger partial charge on any atom is 0.123 e. The Hall–Kier alpha value is -0.570. The Morgan fingerprint density at radius 2 is 1.65 bits per heavy atom. The van der Waals surface area contributed by atoms with Gasteiger partial charge < -0.3 is 0 Å². The molecular weight excluding hydrogens is 362 g/mol. The van der Waals surface area contributed by atoms with Crippen LogP contribution in [0, 0.1) is 5.82 Å². The Labute approximate surface area is 137 Å². The number of hydrogen-bond donors (Lipinski definition) is 0. The van der Waals surface area contributed by atoms with Crippen molar-refractivity contribution in [2.45, 2.75) is 11.8 Å². The monoisotopic (exact) mass is 374 g/mol. The van der Waals surface area contributed by atoms with E-state index in [0.717, 1.165) is 15.6 Å². The Morgan fingerprint density at radius 1 is 1.00 bits per heavy atom. The highest BCUT2D eigenvalue weighted by Crippen LogP contribution is 2.32. The molecule has 0 fully saturated rings. The maximum absolute atomic E-state index is 13.5. The lowest BCUT2D eigenvalue weighted by molar-refractivity contribution is 0.528. The number of halogens is 4. The average molecular weight is 376 g/mol. The van der Waals surface area contributed by atoms with Crippen molar-refractivity contribution >= 4 is 39.1 Å². The molecule has 106 valence electrons. The van der Waals surface area contributed by atoms with Gasteiger partial charge in [0.25, 0.3) is 0 Å². The van der Waals surface area contributed by atoms with Crippen LogP contribution in [0.1, 0.15) is 11.1 Å². The van der Waals surface area contributed by atoms with Gasteiger partial charge >= 0.3 is 0 Å². The first-order valence-corrected chi connectivity index (χ1v) is 8.08. The number of benzene rings is 2. The van der Waals surface area contributed by atoms with E-state index in [1.54, 1.807) is 6.07 Å². The second-order valence-corrected chi connectivity index (χ2v) is 6.31. The summed E-state index contributed by atoms with van der Waals surface area (Å²) in [6.07, 6.45) is 0.677. The summed E-state index contributed by atoms with van der Waals surface area (Å²) in [6.45, 7) is 0. The first-order valence-electron chi connectivity index (χ1n) is 6.22. The van der Waals surface area contributed by atoms with E-state index in [4.69, 9.17) is 23.2 Å². The van der Waals surface area contributed by atoms with E-state index in [2.05, 4.69) is 15.9 Å². The summed E-state index contributed by atoms with van der Waals surface area (Å²) < 4.78 is 14.5. The summed E-state index contributed by atoms with van der Waals surface area (Å²) in [4.78, 5) is 0. The van der Waals surface area contributed by atoms with Crippen molar-refractivity contribution in [3.63, 3.8) is 0 Å². The lowest BCUT2D eigenvalue weighted by Crippen LogP contribution is -2.33. The fraction of sp³-hybridized carbons (Fsp3) is 0.250. The predicted octanol–water partition coefficient (Wildman–Crippen LogP) is 5.55. The molecule has 0 bridgehead atoms. The summed E-state index contributed by atoms with van der Waals surface area (Å²) in [5.41, 5.74) is 1.50. The Balaban J connectivity index is 2.36. The van der Waals surface area contributed by atoms with Gasteiger partial charge in [-0.05, 0) is 41.8 Å². The van der Waals surface area contributed by atoms with Crippen molar-refractivity contribution in [1.82, 2.24) is 0 Å². The van der Waals surface area contributed by atoms with Crippen LogP contribution in [0.4, 0.5) is 4.39 Å². The van der Waals surface area contributed by atoms with Crippen LogP contribution >= 0.6 is 39.1 Å². The van der Waals surface area contributed by atoms with E-state index in [1.807, 2.05) is 30.3 Å². The first kappa shape index (κ1) is 15.8. The molecule has 0 saturated heterocycles. The first-order chi connectivity index (χ1) is 9.59. The molecule has 0 aliphatic rings. The Kier molecular flexibility index (Phi) is 5.48. The van der Waals surface area contributed by atoms with Crippen molar-refractivity contribution in [3.8, 4) is 0 Å². The molecule has 0 radical (unpaired) electrons. The fourth-order valence-corrected chi connectivity index (χ4v) is 3.25. The molecular formula is C16H14BrCl2F.